The monoisotopic (exact) mass is 999 g/mol. The lowest BCUT2D eigenvalue weighted by molar-refractivity contribution is -0.385. The Hall–Kier alpha value is -6.73. The van der Waals surface area contributed by atoms with E-state index in [1.165, 1.54) is 84.4 Å². The van der Waals surface area contributed by atoms with Crippen LogP contribution in [0.2, 0.25) is 0 Å². The van der Waals surface area contributed by atoms with Gasteiger partial charge in [-0.2, -0.15) is 12.6 Å². The summed E-state index contributed by atoms with van der Waals surface area (Å²) in [5.74, 6) is -0.955. The Labute approximate surface area is 415 Å². The standard InChI is InChI=1S/C22H18N2O5S.C18H13ClN2O4.C6H15N.C4H8O2S/c1-2-29-22(26)19-13-15-11-12-23(18-6-4-3-5-17(18)20(15)30-19)21(25)14-7-9-16(10-8-14)24(27)28;19-17-13(11-22)9-10-20(16-4-2-1-3-15(16)17)18(23)12-5-7-14(8-6-12)21(24)25;1-4-7(5-2)6-3;1-2-6-4(5)3-7/h3-10,13H,2,11-12H2,1H3;1-8,11H,9-10H2;4-6H2,1-3H3;7H,2-3H2,1H3. The van der Waals surface area contributed by atoms with Crippen molar-refractivity contribution in [2.24, 2.45) is 0 Å². The Morgan fingerprint density at radius 1 is 0.710 bits per heavy atom. The van der Waals surface area contributed by atoms with E-state index in [0.717, 1.165) is 21.7 Å². The Morgan fingerprint density at radius 2 is 1.17 bits per heavy atom. The van der Waals surface area contributed by atoms with Crippen molar-refractivity contribution in [3.8, 4) is 10.4 Å². The molecule has 0 bridgehead atoms. The maximum atomic E-state index is 13.2. The number of benzene rings is 4. The summed E-state index contributed by atoms with van der Waals surface area (Å²) in [6.45, 7) is 15.1. The molecular formula is C50H54ClN5O11S2. The second kappa shape index (κ2) is 27.3. The minimum atomic E-state index is -0.518. The minimum absolute atomic E-state index is 0.0588. The van der Waals surface area contributed by atoms with Gasteiger partial charge >= 0.3 is 11.9 Å². The van der Waals surface area contributed by atoms with Crippen molar-refractivity contribution in [1.82, 2.24) is 4.90 Å². The highest BCUT2D eigenvalue weighted by Gasteiger charge is 2.29. The molecule has 0 atom stereocenters. The number of nitro benzene ring substituents is 2. The van der Waals surface area contributed by atoms with Crippen LogP contribution in [0, 0.1) is 20.2 Å². The van der Waals surface area contributed by atoms with Gasteiger partial charge in [-0.3, -0.25) is 39.4 Å². The zero-order valence-electron chi connectivity index (χ0n) is 38.9. The van der Waals surface area contributed by atoms with Crippen LogP contribution < -0.4 is 9.80 Å². The highest BCUT2D eigenvalue weighted by atomic mass is 35.5. The van der Waals surface area contributed by atoms with Crippen molar-refractivity contribution >= 4 is 93.4 Å². The third-order valence-corrected chi connectivity index (χ3v) is 12.6. The number of nitrogens with zero attached hydrogens (tertiary/aromatic N) is 5. The van der Waals surface area contributed by atoms with E-state index >= 15 is 0 Å². The van der Waals surface area contributed by atoms with Gasteiger partial charge in [-0.1, -0.05) is 68.8 Å². The highest BCUT2D eigenvalue weighted by Crippen LogP contribution is 2.42. The van der Waals surface area contributed by atoms with Gasteiger partial charge in [-0.05, 0) is 94.4 Å². The fourth-order valence-corrected chi connectivity index (χ4v) is 8.63. The number of thiol groups is 1. The van der Waals surface area contributed by atoms with Gasteiger partial charge in [0.05, 0.1) is 45.2 Å². The minimum Gasteiger partial charge on any atom is -0.465 e. The van der Waals surface area contributed by atoms with Gasteiger partial charge in [0, 0.05) is 70.1 Å². The molecule has 3 heterocycles. The molecule has 2 aliphatic heterocycles. The van der Waals surface area contributed by atoms with Crippen LogP contribution >= 0.6 is 35.6 Å². The molecule has 1 aromatic heterocycles. The summed E-state index contributed by atoms with van der Waals surface area (Å²) in [6.07, 6.45) is 1.62. The predicted molar refractivity (Wildman–Crippen MR) is 273 cm³/mol. The largest absolute Gasteiger partial charge is 0.465 e. The SMILES string of the molecule is CCN(CC)CC.CCOC(=O)CS.CCOC(=O)c1cc2c(s1)-c1ccccc1N(C(=O)c1ccc([N+](=O)[O-])cc1)CC2.O=CC1=C(Cl)c2ccccc2N(C(=O)c2ccc([N+](=O)[O-])cc2)CC1. The average Bonchev–Trinajstić information content (AvgIpc) is 3.67. The number of hydrogen-bond acceptors (Lipinski definition) is 14. The Balaban J connectivity index is 0.000000238. The summed E-state index contributed by atoms with van der Waals surface area (Å²) in [7, 11) is 0. The quantitative estimate of drug-likeness (QED) is 0.0408. The predicted octanol–water partition coefficient (Wildman–Crippen LogP) is 10.3. The van der Waals surface area contributed by atoms with Gasteiger partial charge in [-0.25, -0.2) is 4.79 Å². The summed E-state index contributed by atoms with van der Waals surface area (Å²) in [6, 6.07) is 27.5. The lowest BCUT2D eigenvalue weighted by Crippen LogP contribution is -2.32. The first-order valence-electron chi connectivity index (χ1n) is 22.1. The van der Waals surface area contributed by atoms with Crippen LogP contribution in [0.1, 0.15) is 82.6 Å². The van der Waals surface area contributed by atoms with Crippen LogP contribution in [-0.2, 0) is 25.5 Å². The molecule has 0 radical (unpaired) electrons. The van der Waals surface area contributed by atoms with Crippen molar-refractivity contribution in [2.45, 2.75) is 47.5 Å². The lowest BCUT2D eigenvalue weighted by atomic mass is 10.1. The number of thiophene rings is 1. The molecule has 2 amide bonds. The molecule has 0 saturated heterocycles. The van der Waals surface area contributed by atoms with E-state index in [1.807, 2.05) is 30.3 Å². The number of rotatable bonds is 12. The van der Waals surface area contributed by atoms with Crippen molar-refractivity contribution in [2.75, 3.05) is 61.5 Å². The first kappa shape index (κ1) is 54.9. The molecular weight excluding hydrogens is 946 g/mol. The van der Waals surface area contributed by atoms with E-state index in [2.05, 4.69) is 43.0 Å². The molecule has 0 N–H and O–H groups in total. The molecule has 7 rings (SSSR count). The van der Waals surface area contributed by atoms with Gasteiger partial charge in [-0.15, -0.1) is 11.3 Å². The summed E-state index contributed by atoms with van der Waals surface area (Å²) >= 11 is 11.4. The number of esters is 2. The van der Waals surface area contributed by atoms with Crippen molar-refractivity contribution < 1.29 is 43.3 Å². The Kier molecular flexibility index (Phi) is 21.7. The molecule has 0 unspecified atom stereocenters. The zero-order valence-corrected chi connectivity index (χ0v) is 41.4. The van der Waals surface area contributed by atoms with Crippen LogP contribution in [0.5, 0.6) is 0 Å². The Bertz CT molecular complexity index is 2630. The van der Waals surface area contributed by atoms with Crippen LogP contribution in [0.25, 0.3) is 15.5 Å². The van der Waals surface area contributed by atoms with E-state index in [0.29, 0.717) is 76.7 Å². The van der Waals surface area contributed by atoms with Gasteiger partial charge < -0.3 is 24.2 Å². The highest BCUT2D eigenvalue weighted by molar-refractivity contribution is 7.81. The number of carbonyl (C=O) groups excluding carboxylic acids is 5. The molecule has 2 aliphatic rings. The average molecular weight is 1000 g/mol. The zero-order chi connectivity index (χ0) is 50.6. The molecule has 0 saturated carbocycles. The van der Waals surface area contributed by atoms with E-state index in [-0.39, 0.29) is 47.4 Å². The number of ether oxygens (including phenoxy) is 2. The van der Waals surface area contributed by atoms with Gasteiger partial charge in [0.25, 0.3) is 23.2 Å². The van der Waals surface area contributed by atoms with Gasteiger partial charge in [0.1, 0.15) is 11.2 Å². The molecule has 0 fully saturated rings. The van der Waals surface area contributed by atoms with E-state index in [1.54, 1.807) is 43.0 Å². The normalized spacial score (nSPS) is 12.3. The molecule has 0 spiro atoms. The van der Waals surface area contributed by atoms with Crippen LogP contribution in [0.4, 0.5) is 22.7 Å². The summed E-state index contributed by atoms with van der Waals surface area (Å²) in [4.78, 5) is 87.4. The maximum absolute atomic E-state index is 13.2. The number of para-hydroxylation sites is 2. The molecule has 69 heavy (non-hydrogen) atoms. The molecule has 5 aromatic rings. The van der Waals surface area contributed by atoms with Gasteiger partial charge in [0.15, 0.2) is 0 Å². The summed E-state index contributed by atoms with van der Waals surface area (Å²) < 4.78 is 9.60. The Morgan fingerprint density at radius 3 is 1.59 bits per heavy atom. The van der Waals surface area contributed by atoms with Crippen molar-refractivity contribution in [1.29, 1.82) is 0 Å². The number of aldehydes is 1. The maximum Gasteiger partial charge on any atom is 0.348 e. The summed E-state index contributed by atoms with van der Waals surface area (Å²) in [5, 5.41) is 22.0. The fourth-order valence-electron chi connectivity index (χ4n) is 7.10. The molecule has 16 nitrogen and oxygen atoms in total. The smallest absolute Gasteiger partial charge is 0.348 e. The van der Waals surface area contributed by atoms with Gasteiger partial charge in [0.2, 0.25) is 0 Å². The van der Waals surface area contributed by atoms with Crippen LogP contribution in [0.3, 0.4) is 0 Å². The van der Waals surface area contributed by atoms with E-state index in [4.69, 9.17) is 16.3 Å². The van der Waals surface area contributed by atoms with Crippen LogP contribution in [0.15, 0.2) is 109 Å². The molecule has 364 valence electrons. The number of carbonyl (C=O) groups is 5. The molecule has 19 heteroatoms. The third kappa shape index (κ3) is 14.6. The lowest BCUT2D eigenvalue weighted by Gasteiger charge is -2.23. The third-order valence-electron chi connectivity index (χ3n) is 10.7. The number of halogens is 1. The van der Waals surface area contributed by atoms with Crippen molar-refractivity contribution in [3.05, 3.63) is 156 Å². The van der Waals surface area contributed by atoms with Crippen molar-refractivity contribution in [3.63, 3.8) is 0 Å². The van der Waals surface area contributed by atoms with E-state index < -0.39 is 9.85 Å². The molecule has 4 aromatic carbocycles. The number of non-ortho nitro benzene ring substituents is 2. The second-order valence-electron chi connectivity index (χ2n) is 14.8. The number of hydrogen-bond donors (Lipinski definition) is 1. The first-order chi connectivity index (χ1) is 33.2. The number of fused-ring (bicyclic) bond motifs is 4. The topological polar surface area (TPSA) is 200 Å². The fraction of sp³-hybridized carbons (Fsp3) is 0.300. The first-order valence-corrected chi connectivity index (χ1v) is 23.9. The number of anilines is 2. The van der Waals surface area contributed by atoms with E-state index in [9.17, 15) is 44.2 Å². The van der Waals surface area contributed by atoms with Crippen LogP contribution in [-0.4, -0.2) is 96.5 Å². The number of nitro groups is 2. The molecule has 0 aliphatic carbocycles. The summed E-state index contributed by atoms with van der Waals surface area (Å²) in [5.41, 5.74) is 4.84. The second-order valence-corrected chi connectivity index (χ2v) is 16.5. The number of amides is 2.